The molecule has 0 fully saturated rings. The zero-order valence-electron chi connectivity index (χ0n) is 13.3. The van der Waals surface area contributed by atoms with Crippen molar-refractivity contribution in [3.63, 3.8) is 0 Å². The Morgan fingerprint density at radius 3 is 2.80 bits per heavy atom. The summed E-state index contributed by atoms with van der Waals surface area (Å²) in [5.74, 6) is -0.914. The van der Waals surface area contributed by atoms with E-state index in [1.807, 2.05) is 0 Å². The first-order chi connectivity index (χ1) is 11.8. The maximum atomic E-state index is 14.0. The van der Waals surface area contributed by atoms with E-state index in [9.17, 15) is 22.4 Å². The number of ether oxygens (including phenoxy) is 1. The largest absolute Gasteiger partial charge is 0.468 e. The van der Waals surface area contributed by atoms with E-state index in [4.69, 9.17) is 4.74 Å². The second-order valence-corrected chi connectivity index (χ2v) is 6.82. The molecule has 1 aliphatic rings. The lowest BCUT2D eigenvalue weighted by Gasteiger charge is -2.34. The molecule has 0 N–H and O–H groups in total. The number of carbonyl (C=O) groups is 1. The molecule has 1 aromatic carbocycles. The highest BCUT2D eigenvalue weighted by Crippen LogP contribution is 2.34. The zero-order chi connectivity index (χ0) is 18.2. The van der Waals surface area contributed by atoms with Crippen LogP contribution >= 0.6 is 11.3 Å². The first kappa shape index (κ1) is 17.9. The molecule has 0 saturated heterocycles. The summed E-state index contributed by atoms with van der Waals surface area (Å²) in [6.45, 7) is 0.433. The lowest BCUT2D eigenvalue weighted by Crippen LogP contribution is -2.45. The van der Waals surface area contributed by atoms with Crippen molar-refractivity contribution in [1.29, 1.82) is 0 Å². The molecule has 0 radical (unpaired) electrons. The van der Waals surface area contributed by atoms with Crippen molar-refractivity contribution in [2.75, 3.05) is 7.11 Å². The minimum atomic E-state index is -4.39. The molecule has 0 amide bonds. The van der Waals surface area contributed by atoms with Crippen molar-refractivity contribution < 1.29 is 27.1 Å². The van der Waals surface area contributed by atoms with Crippen molar-refractivity contribution in [2.45, 2.75) is 31.7 Å². The fourth-order valence-corrected chi connectivity index (χ4v) is 3.89. The summed E-state index contributed by atoms with van der Waals surface area (Å²) in [7, 11) is 1.24. The third kappa shape index (κ3) is 3.69. The van der Waals surface area contributed by atoms with Crippen LogP contribution in [0.1, 0.15) is 21.6 Å². The summed E-state index contributed by atoms with van der Waals surface area (Å²) in [6.07, 6.45) is -4.26. The molecule has 0 bridgehead atoms. The number of halogens is 4. The first-order valence-electron chi connectivity index (χ1n) is 7.52. The summed E-state index contributed by atoms with van der Waals surface area (Å²) >= 11 is 0.988. The van der Waals surface area contributed by atoms with Gasteiger partial charge in [-0.05, 0) is 23.3 Å². The van der Waals surface area contributed by atoms with Gasteiger partial charge in [0.1, 0.15) is 11.9 Å². The SMILES string of the molecule is COC(=O)C1Cc2c(F)cccc2CN1Cc1cc(C(F)(F)F)cs1. The molecule has 1 unspecified atom stereocenters. The molecule has 2 heterocycles. The Morgan fingerprint density at radius 2 is 2.16 bits per heavy atom. The van der Waals surface area contributed by atoms with Crippen molar-refractivity contribution in [3.8, 4) is 0 Å². The summed E-state index contributed by atoms with van der Waals surface area (Å²) in [4.78, 5) is 14.3. The topological polar surface area (TPSA) is 29.5 Å². The molecule has 1 aliphatic heterocycles. The van der Waals surface area contributed by atoms with Gasteiger partial charge >= 0.3 is 12.1 Å². The van der Waals surface area contributed by atoms with Crippen LogP contribution in [0.4, 0.5) is 17.6 Å². The smallest absolute Gasteiger partial charge is 0.417 e. The molecular weight excluding hydrogens is 358 g/mol. The van der Waals surface area contributed by atoms with E-state index in [2.05, 4.69) is 0 Å². The third-order valence-electron chi connectivity index (χ3n) is 4.24. The fourth-order valence-electron chi connectivity index (χ4n) is 2.98. The van der Waals surface area contributed by atoms with Crippen molar-refractivity contribution in [3.05, 3.63) is 57.0 Å². The lowest BCUT2D eigenvalue weighted by molar-refractivity contribution is -0.148. The van der Waals surface area contributed by atoms with Crippen LogP contribution in [-0.2, 0) is 35.2 Å². The second kappa shape index (κ2) is 6.76. The summed E-state index contributed by atoms with van der Waals surface area (Å²) in [6, 6.07) is 5.02. The van der Waals surface area contributed by atoms with E-state index in [0.717, 1.165) is 28.3 Å². The standard InChI is InChI=1S/C17H15F4NO2S/c1-24-16(23)15-6-13-10(3-2-4-14(13)18)7-22(15)8-12-5-11(9-25-12)17(19,20)21/h2-5,9,15H,6-8H2,1H3. The molecule has 0 saturated carbocycles. The zero-order valence-corrected chi connectivity index (χ0v) is 14.1. The molecule has 1 atom stereocenters. The Kier molecular flexibility index (Phi) is 4.83. The van der Waals surface area contributed by atoms with E-state index in [1.165, 1.54) is 13.2 Å². The molecule has 0 spiro atoms. The number of carbonyl (C=O) groups excluding carboxylic acids is 1. The number of esters is 1. The van der Waals surface area contributed by atoms with Gasteiger partial charge in [-0.1, -0.05) is 12.1 Å². The number of thiophene rings is 1. The highest BCUT2D eigenvalue weighted by atomic mass is 32.1. The number of benzene rings is 1. The van der Waals surface area contributed by atoms with Gasteiger partial charge < -0.3 is 4.74 Å². The molecule has 3 rings (SSSR count). The van der Waals surface area contributed by atoms with Gasteiger partial charge in [-0.15, -0.1) is 11.3 Å². The molecule has 1 aromatic heterocycles. The van der Waals surface area contributed by atoms with Crippen LogP contribution in [0.25, 0.3) is 0 Å². The summed E-state index contributed by atoms with van der Waals surface area (Å²) in [5.41, 5.74) is 0.481. The van der Waals surface area contributed by atoms with E-state index >= 15 is 0 Å². The summed E-state index contributed by atoms with van der Waals surface area (Å²) in [5, 5.41) is 1.06. The van der Waals surface area contributed by atoms with Gasteiger partial charge in [0.05, 0.1) is 12.7 Å². The molecule has 8 heteroatoms. The first-order valence-corrected chi connectivity index (χ1v) is 8.40. The van der Waals surface area contributed by atoms with Gasteiger partial charge in [-0.3, -0.25) is 9.69 Å². The molecule has 2 aromatic rings. The lowest BCUT2D eigenvalue weighted by atomic mass is 9.93. The van der Waals surface area contributed by atoms with Gasteiger partial charge in [0.25, 0.3) is 0 Å². The Bertz CT molecular complexity index is 787. The minimum Gasteiger partial charge on any atom is -0.468 e. The molecule has 25 heavy (non-hydrogen) atoms. The van der Waals surface area contributed by atoms with Gasteiger partial charge in [0, 0.05) is 29.8 Å². The van der Waals surface area contributed by atoms with Crippen molar-refractivity contribution in [2.24, 2.45) is 0 Å². The van der Waals surface area contributed by atoms with Crippen LogP contribution in [0.5, 0.6) is 0 Å². The number of methoxy groups -OCH3 is 1. The van der Waals surface area contributed by atoms with Crippen LogP contribution in [0, 0.1) is 5.82 Å². The number of alkyl halides is 3. The predicted molar refractivity (Wildman–Crippen MR) is 84.5 cm³/mol. The van der Waals surface area contributed by atoms with Gasteiger partial charge in [0.15, 0.2) is 0 Å². The minimum absolute atomic E-state index is 0.131. The van der Waals surface area contributed by atoms with Crippen LogP contribution < -0.4 is 0 Å². The van der Waals surface area contributed by atoms with Crippen LogP contribution in [0.15, 0.2) is 29.6 Å². The van der Waals surface area contributed by atoms with E-state index < -0.39 is 23.8 Å². The van der Waals surface area contributed by atoms with E-state index in [0.29, 0.717) is 10.4 Å². The Labute approximate surface area is 145 Å². The molecular formula is C17H15F4NO2S. The number of rotatable bonds is 3. The summed E-state index contributed by atoms with van der Waals surface area (Å²) < 4.78 is 57.1. The van der Waals surface area contributed by atoms with Crippen molar-refractivity contribution >= 4 is 17.3 Å². The monoisotopic (exact) mass is 373 g/mol. The Hall–Kier alpha value is -1.93. The van der Waals surface area contributed by atoms with Crippen molar-refractivity contribution in [1.82, 2.24) is 4.90 Å². The maximum absolute atomic E-state index is 14.0. The quantitative estimate of drug-likeness (QED) is 0.602. The highest BCUT2D eigenvalue weighted by molar-refractivity contribution is 7.10. The highest BCUT2D eigenvalue weighted by Gasteiger charge is 2.35. The predicted octanol–water partition coefficient (Wildman–Crippen LogP) is 4.01. The average Bonchev–Trinajstić information content (AvgIpc) is 3.03. The Morgan fingerprint density at radius 1 is 1.40 bits per heavy atom. The van der Waals surface area contributed by atoms with E-state index in [1.54, 1.807) is 17.0 Å². The molecule has 0 aliphatic carbocycles. The van der Waals surface area contributed by atoms with E-state index in [-0.39, 0.29) is 25.3 Å². The maximum Gasteiger partial charge on any atom is 0.417 e. The fraction of sp³-hybridized carbons (Fsp3) is 0.353. The van der Waals surface area contributed by atoms with Crippen LogP contribution in [0.2, 0.25) is 0 Å². The normalized spacial score (nSPS) is 18.0. The molecule has 134 valence electrons. The van der Waals surface area contributed by atoms with Gasteiger partial charge in [-0.25, -0.2) is 4.39 Å². The molecule has 3 nitrogen and oxygen atoms in total. The number of fused-ring (bicyclic) bond motifs is 1. The van der Waals surface area contributed by atoms with Crippen LogP contribution in [-0.4, -0.2) is 24.0 Å². The second-order valence-electron chi connectivity index (χ2n) is 5.83. The third-order valence-corrected chi connectivity index (χ3v) is 5.16. The number of hydrogen-bond donors (Lipinski definition) is 0. The number of nitrogens with zero attached hydrogens (tertiary/aromatic N) is 1. The van der Waals surface area contributed by atoms with Gasteiger partial charge in [-0.2, -0.15) is 13.2 Å². The Balaban J connectivity index is 1.87. The van der Waals surface area contributed by atoms with Crippen LogP contribution in [0.3, 0.4) is 0 Å². The van der Waals surface area contributed by atoms with Gasteiger partial charge in [0.2, 0.25) is 0 Å². The number of hydrogen-bond acceptors (Lipinski definition) is 4. The average molecular weight is 373 g/mol.